The zero-order chi connectivity index (χ0) is 20.3. The first kappa shape index (κ1) is 19.2. The molecule has 6 nitrogen and oxygen atoms in total. The number of aromatic nitrogens is 2. The molecule has 0 saturated carbocycles. The van der Waals surface area contributed by atoms with E-state index in [9.17, 15) is 18.4 Å². The number of esters is 1. The van der Waals surface area contributed by atoms with Crippen LogP contribution in [0.1, 0.15) is 33.3 Å². The first-order valence-corrected chi connectivity index (χ1v) is 8.47. The molecule has 28 heavy (non-hydrogen) atoms. The Morgan fingerprint density at radius 2 is 1.82 bits per heavy atom. The van der Waals surface area contributed by atoms with E-state index in [0.29, 0.717) is 18.2 Å². The molecule has 3 aromatic rings. The van der Waals surface area contributed by atoms with Gasteiger partial charge in [0.1, 0.15) is 11.6 Å². The Kier molecular flexibility index (Phi) is 5.49. The Morgan fingerprint density at radius 1 is 1.11 bits per heavy atom. The van der Waals surface area contributed by atoms with Gasteiger partial charge >= 0.3 is 5.97 Å². The van der Waals surface area contributed by atoms with Crippen molar-refractivity contribution in [1.82, 2.24) is 9.78 Å². The summed E-state index contributed by atoms with van der Waals surface area (Å²) in [4.78, 5) is 24.3. The minimum atomic E-state index is -1.08. The van der Waals surface area contributed by atoms with Gasteiger partial charge in [0.15, 0.2) is 0 Å². The normalized spacial score (nSPS) is 10.6. The Morgan fingerprint density at radius 3 is 2.46 bits per heavy atom. The van der Waals surface area contributed by atoms with Crippen LogP contribution >= 0.6 is 0 Å². The maximum absolute atomic E-state index is 14.1. The minimum Gasteiger partial charge on any atom is -0.465 e. The Bertz CT molecular complexity index is 1030. The molecule has 0 fully saturated rings. The Labute approximate surface area is 159 Å². The van der Waals surface area contributed by atoms with Crippen LogP contribution in [0.15, 0.2) is 48.7 Å². The number of hydrogen-bond acceptors (Lipinski definition) is 4. The Balaban J connectivity index is 1.94. The fourth-order valence-electron chi connectivity index (χ4n) is 2.80. The first-order chi connectivity index (χ1) is 13.5. The van der Waals surface area contributed by atoms with Crippen LogP contribution in [0.2, 0.25) is 0 Å². The summed E-state index contributed by atoms with van der Waals surface area (Å²) in [6, 6.07) is 10.7. The summed E-state index contributed by atoms with van der Waals surface area (Å²) in [6.45, 7) is 1.86. The van der Waals surface area contributed by atoms with E-state index in [1.54, 1.807) is 4.68 Å². The molecule has 1 aromatic heterocycles. The van der Waals surface area contributed by atoms with Gasteiger partial charge in [-0.3, -0.25) is 4.79 Å². The molecule has 0 aliphatic heterocycles. The molecule has 8 heteroatoms. The standard InChI is InChI=1S/C20H17F2N3O3/c1-3-18-14(11-23-25(18)12-7-5-4-6-8-12)19(26)24-17-9-13(20(27)28-2)15(21)10-16(17)22/h4-11H,3H2,1-2H3,(H,24,26). The highest BCUT2D eigenvalue weighted by atomic mass is 19.1. The molecule has 0 aliphatic rings. The summed E-state index contributed by atoms with van der Waals surface area (Å²) in [7, 11) is 1.08. The second-order valence-corrected chi connectivity index (χ2v) is 5.86. The number of anilines is 1. The van der Waals surface area contributed by atoms with Crippen molar-refractivity contribution in [2.45, 2.75) is 13.3 Å². The predicted molar refractivity (Wildman–Crippen MR) is 98.6 cm³/mol. The van der Waals surface area contributed by atoms with Crippen LogP contribution in [0.25, 0.3) is 5.69 Å². The summed E-state index contributed by atoms with van der Waals surface area (Å²) in [6.07, 6.45) is 1.88. The van der Waals surface area contributed by atoms with Gasteiger partial charge in [-0.2, -0.15) is 5.10 Å². The van der Waals surface area contributed by atoms with Crippen LogP contribution in [0, 0.1) is 11.6 Å². The van der Waals surface area contributed by atoms with E-state index in [0.717, 1.165) is 18.9 Å². The summed E-state index contributed by atoms with van der Waals surface area (Å²) in [5.74, 6) is -3.68. The van der Waals surface area contributed by atoms with E-state index in [1.807, 2.05) is 37.3 Å². The van der Waals surface area contributed by atoms with E-state index in [4.69, 9.17) is 0 Å². The Hall–Kier alpha value is -3.55. The summed E-state index contributed by atoms with van der Waals surface area (Å²) in [5, 5.41) is 6.61. The third kappa shape index (κ3) is 3.62. The van der Waals surface area contributed by atoms with Crippen molar-refractivity contribution in [3.05, 3.63) is 77.1 Å². The van der Waals surface area contributed by atoms with Crippen LogP contribution in [-0.4, -0.2) is 28.8 Å². The number of hydrogen-bond donors (Lipinski definition) is 1. The molecule has 0 atom stereocenters. The predicted octanol–water partition coefficient (Wildman–Crippen LogP) is 3.75. The maximum atomic E-state index is 14.1. The highest BCUT2D eigenvalue weighted by Gasteiger charge is 2.21. The summed E-state index contributed by atoms with van der Waals surface area (Å²) >= 11 is 0. The van der Waals surface area contributed by atoms with Crippen molar-refractivity contribution in [3.63, 3.8) is 0 Å². The third-order valence-corrected chi connectivity index (χ3v) is 4.16. The highest BCUT2D eigenvalue weighted by Crippen LogP contribution is 2.22. The molecule has 0 bridgehead atoms. The lowest BCUT2D eigenvalue weighted by atomic mass is 10.1. The van der Waals surface area contributed by atoms with Crippen molar-refractivity contribution >= 4 is 17.6 Å². The summed E-state index contributed by atoms with van der Waals surface area (Å²) < 4.78 is 34.0. The van der Waals surface area contributed by atoms with Gasteiger partial charge in [-0.25, -0.2) is 18.3 Å². The number of rotatable bonds is 5. The van der Waals surface area contributed by atoms with E-state index in [1.165, 1.54) is 6.20 Å². The molecular formula is C20H17F2N3O3. The monoisotopic (exact) mass is 385 g/mol. The number of carbonyl (C=O) groups excluding carboxylic acids is 2. The lowest BCUT2D eigenvalue weighted by Gasteiger charge is -2.10. The molecule has 2 aromatic carbocycles. The topological polar surface area (TPSA) is 73.2 Å². The van der Waals surface area contributed by atoms with Gasteiger partial charge in [-0.05, 0) is 24.6 Å². The number of benzene rings is 2. The van der Waals surface area contributed by atoms with Crippen LogP contribution < -0.4 is 5.32 Å². The number of amides is 1. The molecule has 3 rings (SSSR count). The van der Waals surface area contributed by atoms with Crippen LogP contribution in [0.3, 0.4) is 0 Å². The van der Waals surface area contributed by atoms with Crippen molar-refractivity contribution in [3.8, 4) is 5.69 Å². The van der Waals surface area contributed by atoms with Gasteiger partial charge in [0.25, 0.3) is 5.91 Å². The lowest BCUT2D eigenvalue weighted by molar-refractivity contribution is 0.0595. The zero-order valence-electron chi connectivity index (χ0n) is 15.2. The molecule has 0 radical (unpaired) electrons. The average molecular weight is 385 g/mol. The van der Waals surface area contributed by atoms with E-state index >= 15 is 0 Å². The van der Waals surface area contributed by atoms with Crippen molar-refractivity contribution < 1.29 is 23.1 Å². The SMILES string of the molecule is CCc1c(C(=O)Nc2cc(C(=O)OC)c(F)cc2F)cnn1-c1ccccc1. The van der Waals surface area contributed by atoms with Gasteiger partial charge in [0.05, 0.1) is 41.5 Å². The van der Waals surface area contributed by atoms with Crippen molar-refractivity contribution in [2.24, 2.45) is 0 Å². The number of ether oxygens (including phenoxy) is 1. The van der Waals surface area contributed by atoms with E-state index in [-0.39, 0.29) is 11.3 Å². The van der Waals surface area contributed by atoms with Crippen LogP contribution in [0.4, 0.5) is 14.5 Å². The molecule has 1 N–H and O–H groups in total. The highest BCUT2D eigenvalue weighted by molar-refractivity contribution is 6.05. The third-order valence-electron chi connectivity index (χ3n) is 4.16. The molecular weight excluding hydrogens is 368 g/mol. The smallest absolute Gasteiger partial charge is 0.340 e. The zero-order valence-corrected chi connectivity index (χ0v) is 15.2. The van der Waals surface area contributed by atoms with Crippen LogP contribution in [0.5, 0.6) is 0 Å². The summed E-state index contributed by atoms with van der Waals surface area (Å²) in [5.41, 5.74) is 0.838. The van der Waals surface area contributed by atoms with Crippen molar-refractivity contribution in [2.75, 3.05) is 12.4 Å². The van der Waals surface area contributed by atoms with Gasteiger partial charge in [0.2, 0.25) is 0 Å². The molecule has 0 aliphatic carbocycles. The minimum absolute atomic E-state index is 0.245. The van der Waals surface area contributed by atoms with E-state index in [2.05, 4.69) is 15.2 Å². The van der Waals surface area contributed by atoms with Gasteiger partial charge < -0.3 is 10.1 Å². The molecule has 0 saturated heterocycles. The average Bonchev–Trinajstić information content (AvgIpc) is 3.14. The van der Waals surface area contributed by atoms with Gasteiger partial charge in [-0.1, -0.05) is 25.1 Å². The van der Waals surface area contributed by atoms with Gasteiger partial charge in [-0.15, -0.1) is 0 Å². The number of carbonyl (C=O) groups is 2. The number of para-hydroxylation sites is 1. The first-order valence-electron chi connectivity index (χ1n) is 8.47. The maximum Gasteiger partial charge on any atom is 0.340 e. The molecule has 0 unspecified atom stereocenters. The number of nitrogens with zero attached hydrogens (tertiary/aromatic N) is 2. The number of halogens is 2. The molecule has 1 amide bonds. The molecule has 0 spiro atoms. The largest absolute Gasteiger partial charge is 0.465 e. The molecule has 144 valence electrons. The number of nitrogens with one attached hydrogen (secondary N) is 1. The van der Waals surface area contributed by atoms with Crippen molar-refractivity contribution in [1.29, 1.82) is 0 Å². The number of methoxy groups -OCH3 is 1. The second-order valence-electron chi connectivity index (χ2n) is 5.86. The van der Waals surface area contributed by atoms with Crippen LogP contribution in [-0.2, 0) is 11.2 Å². The lowest BCUT2D eigenvalue weighted by Crippen LogP contribution is -2.16. The van der Waals surface area contributed by atoms with Gasteiger partial charge in [0, 0.05) is 6.07 Å². The molecule has 1 heterocycles. The van der Waals surface area contributed by atoms with E-state index < -0.39 is 29.1 Å². The fraction of sp³-hybridized carbons (Fsp3) is 0.150. The second kappa shape index (κ2) is 7.99. The fourth-order valence-corrected chi connectivity index (χ4v) is 2.80. The quantitative estimate of drug-likeness (QED) is 0.679.